The van der Waals surface area contributed by atoms with Crippen molar-refractivity contribution in [1.29, 1.82) is 0 Å². The molecule has 2 aromatic heterocycles. The summed E-state index contributed by atoms with van der Waals surface area (Å²) in [5, 5.41) is 11.0. The van der Waals surface area contributed by atoms with Gasteiger partial charge in [-0.3, -0.25) is 9.47 Å². The first-order valence-electron chi connectivity index (χ1n) is 13.7. The van der Waals surface area contributed by atoms with Crippen molar-refractivity contribution in [2.75, 3.05) is 33.3 Å². The van der Waals surface area contributed by atoms with E-state index < -0.39 is 23.2 Å². The van der Waals surface area contributed by atoms with Crippen LogP contribution in [0.15, 0.2) is 12.7 Å². The molecule has 2 fully saturated rings. The third-order valence-corrected chi connectivity index (χ3v) is 8.04. The number of ether oxygens (including phenoxy) is 3. The summed E-state index contributed by atoms with van der Waals surface area (Å²) in [6.45, 7) is 13.9. The first kappa shape index (κ1) is 29.9. The highest BCUT2D eigenvalue weighted by Gasteiger charge is 2.47. The van der Waals surface area contributed by atoms with E-state index in [0.29, 0.717) is 30.7 Å². The van der Waals surface area contributed by atoms with Crippen molar-refractivity contribution < 1.29 is 24.1 Å². The zero-order valence-corrected chi connectivity index (χ0v) is 25.0. The minimum Gasteiger partial charge on any atom is -0.444 e. The van der Waals surface area contributed by atoms with Crippen molar-refractivity contribution in [2.45, 2.75) is 102 Å². The van der Waals surface area contributed by atoms with Crippen LogP contribution in [0.5, 0.6) is 0 Å². The van der Waals surface area contributed by atoms with Gasteiger partial charge >= 0.3 is 6.09 Å². The van der Waals surface area contributed by atoms with Crippen LogP contribution in [0.2, 0.25) is 5.15 Å². The summed E-state index contributed by atoms with van der Waals surface area (Å²) in [6, 6.07) is 0. The lowest BCUT2D eigenvalue weighted by Gasteiger charge is -2.47. The average Bonchev–Trinajstić information content (AvgIpc) is 3.42. The van der Waals surface area contributed by atoms with Gasteiger partial charge in [0.05, 0.1) is 6.33 Å². The predicted octanol–water partition coefficient (Wildman–Crippen LogP) is 4.38. The number of likely N-dealkylation sites (tertiary alicyclic amines) is 2. The number of nitrogens with zero attached hydrogens (tertiary/aromatic N) is 6. The van der Waals surface area contributed by atoms with Gasteiger partial charge in [-0.1, -0.05) is 11.6 Å². The molecule has 12 heteroatoms. The highest BCUT2D eigenvalue weighted by Crippen LogP contribution is 2.41. The molecule has 218 valence electrons. The molecular formula is C27H43ClN6O5. The zero-order valence-electron chi connectivity index (χ0n) is 24.2. The maximum atomic E-state index is 12.6. The van der Waals surface area contributed by atoms with E-state index >= 15 is 0 Å². The molecule has 1 amide bonds. The second kappa shape index (κ2) is 11.1. The molecule has 0 radical (unpaired) electrons. The average molecular weight is 567 g/mol. The quantitative estimate of drug-likeness (QED) is 0.367. The summed E-state index contributed by atoms with van der Waals surface area (Å²) in [5.74, 6) is -1.41. The Morgan fingerprint density at radius 1 is 1.10 bits per heavy atom. The lowest BCUT2D eigenvalue weighted by atomic mass is 9.84. The van der Waals surface area contributed by atoms with Crippen LogP contribution in [0.3, 0.4) is 0 Å². The van der Waals surface area contributed by atoms with Gasteiger partial charge in [0.25, 0.3) is 0 Å². The van der Waals surface area contributed by atoms with Gasteiger partial charge in [0.1, 0.15) is 23.0 Å². The van der Waals surface area contributed by atoms with E-state index in [4.69, 9.17) is 25.8 Å². The minimum atomic E-state index is -1.41. The van der Waals surface area contributed by atoms with Crippen LogP contribution >= 0.6 is 11.6 Å². The second-order valence-corrected chi connectivity index (χ2v) is 12.8. The normalized spacial score (nSPS) is 20.9. The number of fused-ring (bicyclic) bond motifs is 1. The van der Waals surface area contributed by atoms with Gasteiger partial charge < -0.3 is 24.2 Å². The predicted molar refractivity (Wildman–Crippen MR) is 147 cm³/mol. The number of imidazole rings is 1. The summed E-state index contributed by atoms with van der Waals surface area (Å²) in [4.78, 5) is 29.8. The van der Waals surface area contributed by atoms with Gasteiger partial charge in [-0.25, -0.2) is 19.7 Å². The summed E-state index contributed by atoms with van der Waals surface area (Å²) in [7, 11) is 1.61. The molecule has 2 aliphatic rings. The van der Waals surface area contributed by atoms with Crippen LogP contribution in [-0.4, -0.2) is 96.3 Å². The van der Waals surface area contributed by atoms with E-state index in [1.165, 1.54) is 6.33 Å². The van der Waals surface area contributed by atoms with Crippen molar-refractivity contribution in [3.63, 3.8) is 0 Å². The first-order valence-corrected chi connectivity index (χ1v) is 14.1. The molecule has 0 saturated carbocycles. The molecule has 0 aromatic carbocycles. The highest BCUT2D eigenvalue weighted by atomic mass is 35.5. The fourth-order valence-electron chi connectivity index (χ4n) is 6.15. The van der Waals surface area contributed by atoms with E-state index in [9.17, 15) is 9.90 Å². The van der Waals surface area contributed by atoms with Crippen molar-refractivity contribution in [3.05, 3.63) is 17.8 Å². The van der Waals surface area contributed by atoms with Gasteiger partial charge in [0.15, 0.2) is 22.8 Å². The summed E-state index contributed by atoms with van der Waals surface area (Å²) in [6.07, 6.45) is 6.68. The molecule has 39 heavy (non-hydrogen) atoms. The SMILES string of the molecule is COC(n1cnc2c(Cl)ncnc21)C(C)(CCN1CCCC12CCN(C(=O)OC(C)(C)C)CC2)OC(C)(C)O. The zero-order chi connectivity index (χ0) is 28.6. The van der Waals surface area contributed by atoms with Gasteiger partial charge in [0.2, 0.25) is 0 Å². The van der Waals surface area contributed by atoms with E-state index in [-0.39, 0.29) is 16.8 Å². The van der Waals surface area contributed by atoms with Gasteiger partial charge in [0, 0.05) is 32.3 Å². The maximum absolute atomic E-state index is 12.6. The first-order chi connectivity index (χ1) is 18.2. The van der Waals surface area contributed by atoms with Crippen molar-refractivity contribution in [2.24, 2.45) is 0 Å². The summed E-state index contributed by atoms with van der Waals surface area (Å²) >= 11 is 6.25. The monoisotopic (exact) mass is 566 g/mol. The Hall–Kier alpha value is -2.05. The Bertz CT molecular complexity index is 1150. The molecule has 0 aliphatic carbocycles. The number of carbonyl (C=O) groups is 1. The number of carbonyl (C=O) groups excluding carboxylic acids is 1. The van der Waals surface area contributed by atoms with Gasteiger partial charge in [-0.05, 0) is 80.2 Å². The highest BCUT2D eigenvalue weighted by molar-refractivity contribution is 6.33. The summed E-state index contributed by atoms with van der Waals surface area (Å²) in [5.41, 5.74) is -0.424. The minimum absolute atomic E-state index is 0.0270. The van der Waals surface area contributed by atoms with Gasteiger partial charge in [-0.2, -0.15) is 0 Å². The molecule has 0 bridgehead atoms. The van der Waals surface area contributed by atoms with Crippen molar-refractivity contribution in [3.8, 4) is 0 Å². The topological polar surface area (TPSA) is 115 Å². The number of piperidine rings is 1. The Morgan fingerprint density at radius 3 is 2.41 bits per heavy atom. The van der Waals surface area contributed by atoms with Crippen LogP contribution < -0.4 is 0 Å². The summed E-state index contributed by atoms with van der Waals surface area (Å²) < 4.78 is 19.7. The Kier molecular flexibility index (Phi) is 8.50. The maximum Gasteiger partial charge on any atom is 0.410 e. The standard InChI is InChI=1S/C27H43ClN6O5/c1-24(2,3)38-23(35)32-14-11-27(12-15-32)9-8-13-33(27)16-10-26(6,39-25(4,5)36)22(37-7)34-18-31-19-20(28)29-17-30-21(19)34/h17-18,22,36H,8-16H2,1-7H3. The smallest absolute Gasteiger partial charge is 0.410 e. The molecule has 1 spiro atoms. The van der Waals surface area contributed by atoms with E-state index in [1.54, 1.807) is 31.9 Å². The molecule has 2 atom stereocenters. The fourth-order valence-corrected chi connectivity index (χ4v) is 6.32. The molecule has 4 heterocycles. The fraction of sp³-hybridized carbons (Fsp3) is 0.778. The van der Waals surface area contributed by atoms with Crippen molar-refractivity contribution >= 4 is 28.9 Å². The molecule has 1 N–H and O–H groups in total. The third-order valence-electron chi connectivity index (χ3n) is 7.76. The molecule has 2 aromatic rings. The largest absolute Gasteiger partial charge is 0.444 e. The molecule has 2 unspecified atom stereocenters. The number of amides is 1. The van der Waals surface area contributed by atoms with Crippen LogP contribution in [0.25, 0.3) is 11.2 Å². The number of methoxy groups -OCH3 is 1. The lowest BCUT2D eigenvalue weighted by Crippen LogP contribution is -2.55. The number of hydrogen-bond donors (Lipinski definition) is 1. The van der Waals surface area contributed by atoms with Gasteiger partial charge in [-0.15, -0.1) is 0 Å². The van der Waals surface area contributed by atoms with E-state index in [1.807, 2.05) is 32.6 Å². The number of rotatable bonds is 8. The number of aromatic nitrogens is 4. The Balaban J connectivity index is 1.52. The molecule has 2 saturated heterocycles. The van der Waals surface area contributed by atoms with Crippen LogP contribution in [0, 0.1) is 0 Å². The Morgan fingerprint density at radius 2 is 1.79 bits per heavy atom. The van der Waals surface area contributed by atoms with Crippen LogP contribution in [-0.2, 0) is 14.2 Å². The molecule has 2 aliphatic heterocycles. The van der Waals surface area contributed by atoms with Crippen LogP contribution in [0.4, 0.5) is 4.79 Å². The van der Waals surface area contributed by atoms with E-state index in [2.05, 4.69) is 19.9 Å². The van der Waals surface area contributed by atoms with Crippen LogP contribution in [0.1, 0.15) is 79.9 Å². The Labute approximate surface area is 235 Å². The van der Waals surface area contributed by atoms with E-state index in [0.717, 1.165) is 38.8 Å². The second-order valence-electron chi connectivity index (χ2n) is 12.5. The lowest BCUT2D eigenvalue weighted by molar-refractivity contribution is -0.283. The van der Waals surface area contributed by atoms with Crippen molar-refractivity contribution in [1.82, 2.24) is 29.3 Å². The number of hydrogen-bond acceptors (Lipinski definition) is 9. The molecule has 11 nitrogen and oxygen atoms in total. The number of aliphatic hydroxyl groups is 1. The molecular weight excluding hydrogens is 524 g/mol. The third kappa shape index (κ3) is 6.65. The number of halogens is 1. The molecule has 4 rings (SSSR count).